The monoisotopic (exact) mass is 326 g/mol. The molecule has 0 aromatic heterocycles. The molecule has 1 N–H and O–H groups in total. The second-order valence-corrected chi connectivity index (χ2v) is 8.44. The fourth-order valence-corrected chi connectivity index (χ4v) is 4.36. The van der Waals surface area contributed by atoms with E-state index in [9.17, 15) is 13.2 Å². The van der Waals surface area contributed by atoms with E-state index in [0.29, 0.717) is 6.54 Å². The highest BCUT2D eigenvalue weighted by Gasteiger charge is 2.36. The first kappa shape index (κ1) is 16.9. The van der Waals surface area contributed by atoms with Crippen LogP contribution in [0.5, 0.6) is 0 Å². The van der Waals surface area contributed by atoms with E-state index in [-0.39, 0.29) is 15.9 Å². The van der Waals surface area contributed by atoms with Crippen molar-refractivity contribution < 1.29 is 18.3 Å². The molecule has 1 heterocycles. The van der Waals surface area contributed by atoms with E-state index in [0.717, 1.165) is 19.5 Å². The maximum absolute atomic E-state index is 12.6. The Hall–Kier alpha value is -1.44. The summed E-state index contributed by atoms with van der Waals surface area (Å²) in [6, 6.07) is 5.47. The fourth-order valence-electron chi connectivity index (χ4n) is 2.99. The van der Waals surface area contributed by atoms with Crippen molar-refractivity contribution in [1.29, 1.82) is 0 Å². The van der Waals surface area contributed by atoms with Crippen LogP contribution in [0.1, 0.15) is 23.7 Å². The third-order valence-electron chi connectivity index (χ3n) is 4.14. The van der Waals surface area contributed by atoms with Gasteiger partial charge in [0.25, 0.3) is 0 Å². The second-order valence-electron chi connectivity index (χ2n) is 6.39. The van der Waals surface area contributed by atoms with Crippen molar-refractivity contribution in [2.24, 2.45) is 5.41 Å². The number of hydrogen-bond donors (Lipinski definition) is 1. The van der Waals surface area contributed by atoms with Gasteiger partial charge in [-0.05, 0) is 43.6 Å². The van der Waals surface area contributed by atoms with Gasteiger partial charge in [0.15, 0.2) is 0 Å². The van der Waals surface area contributed by atoms with Crippen molar-refractivity contribution in [3.05, 3.63) is 29.8 Å². The molecule has 1 aliphatic rings. The summed E-state index contributed by atoms with van der Waals surface area (Å²) in [7, 11) is -0.115. The summed E-state index contributed by atoms with van der Waals surface area (Å²) in [4.78, 5) is 13.2. The molecule has 0 saturated carbocycles. The minimum atomic E-state index is -3.69. The highest BCUT2D eigenvalue weighted by atomic mass is 32.2. The lowest BCUT2D eigenvalue weighted by Gasteiger charge is -2.29. The van der Waals surface area contributed by atoms with E-state index in [1.807, 2.05) is 7.05 Å². The Morgan fingerprint density at radius 3 is 2.68 bits per heavy atom. The molecule has 6 nitrogen and oxygen atoms in total. The molecule has 0 radical (unpaired) electrons. The van der Waals surface area contributed by atoms with Gasteiger partial charge in [0.05, 0.1) is 10.5 Å². The Bertz CT molecular complexity index is 674. The maximum Gasteiger partial charge on any atom is 0.335 e. The SMILES string of the molecule is CN1CC[C@](C)(CN(C)S(=O)(=O)c2cccc(C(=O)O)c2)C1. The van der Waals surface area contributed by atoms with Crippen LogP contribution in [0.3, 0.4) is 0 Å². The number of rotatable bonds is 5. The molecule has 0 aliphatic carbocycles. The number of hydrogen-bond acceptors (Lipinski definition) is 4. The second kappa shape index (κ2) is 5.98. The number of carboxylic acids is 1. The normalized spacial score (nSPS) is 23.1. The molecule has 0 bridgehead atoms. The Kier molecular flexibility index (Phi) is 4.60. The number of benzene rings is 1. The van der Waals surface area contributed by atoms with Crippen molar-refractivity contribution in [2.45, 2.75) is 18.2 Å². The van der Waals surface area contributed by atoms with Crippen LogP contribution in [0.2, 0.25) is 0 Å². The van der Waals surface area contributed by atoms with Gasteiger partial charge in [0.2, 0.25) is 10.0 Å². The standard InChI is InChI=1S/C15H22N2O4S/c1-15(7-8-16(2)10-15)11-17(3)22(20,21)13-6-4-5-12(9-13)14(18)19/h4-6,9H,7-8,10-11H2,1-3H3,(H,18,19)/t15-/m0/s1. The molecule has 0 spiro atoms. The molecule has 0 amide bonds. The zero-order valence-corrected chi connectivity index (χ0v) is 13.9. The predicted molar refractivity (Wildman–Crippen MR) is 83.4 cm³/mol. The van der Waals surface area contributed by atoms with E-state index in [4.69, 9.17) is 5.11 Å². The van der Waals surface area contributed by atoms with Gasteiger partial charge in [0.1, 0.15) is 0 Å². The lowest BCUT2D eigenvalue weighted by atomic mass is 9.90. The first-order valence-electron chi connectivity index (χ1n) is 7.12. The Labute approximate surface area is 131 Å². The third-order valence-corrected chi connectivity index (χ3v) is 5.94. The van der Waals surface area contributed by atoms with Crippen molar-refractivity contribution in [3.63, 3.8) is 0 Å². The minimum Gasteiger partial charge on any atom is -0.478 e. The van der Waals surface area contributed by atoms with Crippen LogP contribution in [-0.2, 0) is 10.0 Å². The third kappa shape index (κ3) is 3.48. The largest absolute Gasteiger partial charge is 0.478 e. The lowest BCUT2D eigenvalue weighted by Crippen LogP contribution is -2.38. The van der Waals surface area contributed by atoms with Gasteiger partial charge in [-0.3, -0.25) is 0 Å². The van der Waals surface area contributed by atoms with Crippen LogP contribution in [0.25, 0.3) is 0 Å². The summed E-state index contributed by atoms with van der Waals surface area (Å²) in [5, 5.41) is 9.00. The van der Waals surface area contributed by atoms with Crippen molar-refractivity contribution in [2.75, 3.05) is 33.7 Å². The van der Waals surface area contributed by atoms with E-state index >= 15 is 0 Å². The molecule has 1 aromatic rings. The number of nitrogens with zero attached hydrogens (tertiary/aromatic N) is 2. The number of carboxylic acid groups (broad SMARTS) is 1. The molecule has 122 valence electrons. The maximum atomic E-state index is 12.6. The number of likely N-dealkylation sites (tertiary alicyclic amines) is 1. The van der Waals surface area contributed by atoms with Crippen molar-refractivity contribution in [3.8, 4) is 0 Å². The Balaban J connectivity index is 2.22. The van der Waals surface area contributed by atoms with Gasteiger partial charge in [-0.1, -0.05) is 13.0 Å². The highest BCUT2D eigenvalue weighted by Crippen LogP contribution is 2.31. The topological polar surface area (TPSA) is 77.9 Å². The predicted octanol–water partition coefficient (Wildman–Crippen LogP) is 1.35. The van der Waals surface area contributed by atoms with Gasteiger partial charge < -0.3 is 10.0 Å². The number of carbonyl (C=O) groups is 1. The van der Waals surface area contributed by atoms with E-state index in [1.54, 1.807) is 7.05 Å². The molecule has 22 heavy (non-hydrogen) atoms. The first-order chi connectivity index (χ1) is 10.1. The summed E-state index contributed by atoms with van der Waals surface area (Å²) in [6.07, 6.45) is 0.943. The smallest absolute Gasteiger partial charge is 0.335 e. The van der Waals surface area contributed by atoms with Gasteiger partial charge in [-0.15, -0.1) is 0 Å². The van der Waals surface area contributed by atoms with Gasteiger partial charge in [0, 0.05) is 20.1 Å². The van der Waals surface area contributed by atoms with E-state index in [1.165, 1.54) is 28.6 Å². The first-order valence-corrected chi connectivity index (χ1v) is 8.56. The highest BCUT2D eigenvalue weighted by molar-refractivity contribution is 7.89. The summed E-state index contributed by atoms with van der Waals surface area (Å²) in [6.45, 7) is 4.30. The Morgan fingerprint density at radius 2 is 2.14 bits per heavy atom. The van der Waals surface area contributed by atoms with Crippen molar-refractivity contribution in [1.82, 2.24) is 9.21 Å². The van der Waals surface area contributed by atoms with E-state index in [2.05, 4.69) is 11.8 Å². The van der Waals surface area contributed by atoms with Gasteiger partial charge >= 0.3 is 5.97 Å². The van der Waals surface area contributed by atoms with Crippen LogP contribution in [-0.4, -0.2) is 62.4 Å². The summed E-state index contributed by atoms with van der Waals surface area (Å²) >= 11 is 0. The zero-order chi connectivity index (χ0) is 16.5. The average Bonchev–Trinajstić information content (AvgIpc) is 2.78. The summed E-state index contributed by atoms with van der Waals surface area (Å²) < 4.78 is 26.6. The van der Waals surface area contributed by atoms with Crippen molar-refractivity contribution >= 4 is 16.0 Å². The van der Waals surface area contributed by atoms with Crippen LogP contribution in [0.4, 0.5) is 0 Å². The molecule has 1 saturated heterocycles. The van der Waals surface area contributed by atoms with Crippen LogP contribution >= 0.6 is 0 Å². The average molecular weight is 326 g/mol. The van der Waals surface area contributed by atoms with Crippen LogP contribution < -0.4 is 0 Å². The zero-order valence-electron chi connectivity index (χ0n) is 13.1. The summed E-state index contributed by atoms with van der Waals surface area (Å²) in [5.41, 5.74) is -0.109. The number of aromatic carboxylic acids is 1. The molecule has 1 aromatic carbocycles. The molecule has 1 aliphatic heterocycles. The van der Waals surface area contributed by atoms with Crippen LogP contribution in [0.15, 0.2) is 29.2 Å². The van der Waals surface area contributed by atoms with Gasteiger partial charge in [-0.2, -0.15) is 0 Å². The lowest BCUT2D eigenvalue weighted by molar-refractivity contribution is 0.0696. The quantitative estimate of drug-likeness (QED) is 0.883. The minimum absolute atomic E-state index is 0.0184. The molecule has 7 heteroatoms. The van der Waals surface area contributed by atoms with Gasteiger partial charge in [-0.25, -0.2) is 17.5 Å². The van der Waals surface area contributed by atoms with E-state index < -0.39 is 16.0 Å². The Morgan fingerprint density at radius 1 is 1.45 bits per heavy atom. The summed E-state index contributed by atoms with van der Waals surface area (Å²) in [5.74, 6) is -1.14. The number of sulfonamides is 1. The molecule has 2 rings (SSSR count). The van der Waals surface area contributed by atoms with Crippen LogP contribution in [0, 0.1) is 5.41 Å². The molecular formula is C15H22N2O4S. The molecule has 1 fully saturated rings. The molecule has 0 unspecified atom stereocenters. The fraction of sp³-hybridized carbons (Fsp3) is 0.533. The molecule has 1 atom stereocenters. The molecular weight excluding hydrogens is 304 g/mol.